The van der Waals surface area contributed by atoms with Crippen molar-refractivity contribution in [1.29, 1.82) is 0 Å². The number of piperidine rings is 1. The van der Waals surface area contributed by atoms with Crippen LogP contribution in [0, 0.1) is 5.92 Å². The first kappa shape index (κ1) is 18.0. The van der Waals surface area contributed by atoms with E-state index in [2.05, 4.69) is 30.8 Å². The summed E-state index contributed by atoms with van der Waals surface area (Å²) in [4.78, 5) is 26.3. The number of carbonyl (C=O) groups excluding carboxylic acids is 2. The molecule has 3 aromatic heterocycles. The summed E-state index contributed by atoms with van der Waals surface area (Å²) in [6.07, 6.45) is 4.54. The highest BCUT2D eigenvalue weighted by Crippen LogP contribution is 2.22. The maximum atomic E-state index is 12.4. The van der Waals surface area contributed by atoms with Gasteiger partial charge < -0.3 is 20.0 Å². The first-order valence-electron chi connectivity index (χ1n) is 9.18. The molecule has 1 aliphatic rings. The molecule has 4 heterocycles. The molecule has 2 N–H and O–H groups in total. The third-order valence-corrected chi connectivity index (χ3v) is 4.80. The molecule has 2 amide bonds. The zero-order valence-electron chi connectivity index (χ0n) is 15.2. The molecule has 0 aromatic carbocycles. The number of aromatic nitrogens is 4. The van der Waals surface area contributed by atoms with Gasteiger partial charge in [0.1, 0.15) is 17.9 Å². The second-order valence-corrected chi connectivity index (χ2v) is 6.66. The lowest BCUT2D eigenvalue weighted by Gasteiger charge is -2.31. The first-order chi connectivity index (χ1) is 13.7. The summed E-state index contributed by atoms with van der Waals surface area (Å²) >= 11 is 0. The lowest BCUT2D eigenvalue weighted by molar-refractivity contribution is -0.129. The van der Waals surface area contributed by atoms with Crippen LogP contribution in [0.4, 0.5) is 5.82 Å². The highest BCUT2D eigenvalue weighted by atomic mass is 16.3. The van der Waals surface area contributed by atoms with Crippen molar-refractivity contribution >= 4 is 23.3 Å². The van der Waals surface area contributed by atoms with E-state index in [-0.39, 0.29) is 24.3 Å². The first-order valence-corrected chi connectivity index (χ1v) is 9.18. The summed E-state index contributed by atoms with van der Waals surface area (Å²) in [5, 5.41) is 17.7. The molecule has 0 saturated carbocycles. The van der Waals surface area contributed by atoms with E-state index in [1.165, 1.54) is 0 Å². The molecule has 0 bridgehead atoms. The topological polar surface area (TPSA) is 118 Å². The van der Waals surface area contributed by atoms with Gasteiger partial charge in [-0.1, -0.05) is 0 Å². The molecule has 1 aliphatic heterocycles. The van der Waals surface area contributed by atoms with E-state index < -0.39 is 0 Å². The van der Waals surface area contributed by atoms with Crippen molar-refractivity contribution in [1.82, 2.24) is 30.4 Å². The van der Waals surface area contributed by atoms with Crippen molar-refractivity contribution in [3.63, 3.8) is 0 Å². The van der Waals surface area contributed by atoms with Crippen LogP contribution in [-0.2, 0) is 16.1 Å². The van der Waals surface area contributed by atoms with E-state index in [0.29, 0.717) is 30.8 Å². The number of furan rings is 1. The van der Waals surface area contributed by atoms with Gasteiger partial charge >= 0.3 is 0 Å². The molecule has 0 unspecified atom stereocenters. The summed E-state index contributed by atoms with van der Waals surface area (Å²) in [5.74, 6) is 1.07. The van der Waals surface area contributed by atoms with E-state index in [4.69, 9.17) is 4.42 Å². The van der Waals surface area contributed by atoms with Crippen LogP contribution in [0.3, 0.4) is 0 Å². The molecule has 1 saturated heterocycles. The van der Waals surface area contributed by atoms with Gasteiger partial charge in [0, 0.05) is 19.0 Å². The van der Waals surface area contributed by atoms with Crippen LogP contribution in [0.1, 0.15) is 18.6 Å². The van der Waals surface area contributed by atoms with Crippen molar-refractivity contribution in [3.8, 4) is 0 Å². The average Bonchev–Trinajstić information content (AvgIpc) is 3.41. The van der Waals surface area contributed by atoms with E-state index >= 15 is 0 Å². The van der Waals surface area contributed by atoms with Crippen LogP contribution >= 0.6 is 0 Å². The van der Waals surface area contributed by atoms with Crippen molar-refractivity contribution in [2.45, 2.75) is 19.4 Å². The molecule has 1 fully saturated rings. The Morgan fingerprint density at radius 1 is 1.18 bits per heavy atom. The fourth-order valence-electron chi connectivity index (χ4n) is 3.23. The molecule has 28 heavy (non-hydrogen) atoms. The van der Waals surface area contributed by atoms with Gasteiger partial charge in [0.25, 0.3) is 0 Å². The molecule has 0 radical (unpaired) electrons. The summed E-state index contributed by atoms with van der Waals surface area (Å²) in [7, 11) is 0. The number of nitrogens with zero attached hydrogens (tertiary/aromatic N) is 5. The Hall–Kier alpha value is -3.43. The second kappa shape index (κ2) is 8.07. The number of carbonyl (C=O) groups is 2. The molecule has 4 rings (SSSR count). The number of hydrogen-bond donors (Lipinski definition) is 2. The summed E-state index contributed by atoms with van der Waals surface area (Å²) in [6, 6.07) is 7.32. The van der Waals surface area contributed by atoms with Gasteiger partial charge in [0.2, 0.25) is 11.8 Å². The fourth-order valence-corrected chi connectivity index (χ4v) is 3.23. The van der Waals surface area contributed by atoms with Gasteiger partial charge in [-0.2, -0.15) is 4.52 Å². The Morgan fingerprint density at radius 2 is 2.04 bits per heavy atom. The molecular weight excluding hydrogens is 362 g/mol. The molecule has 0 aliphatic carbocycles. The summed E-state index contributed by atoms with van der Waals surface area (Å²) in [5.41, 5.74) is 0.698. The Morgan fingerprint density at radius 3 is 2.82 bits per heavy atom. The van der Waals surface area contributed by atoms with Gasteiger partial charge in [0.15, 0.2) is 5.65 Å². The predicted octanol–water partition coefficient (Wildman–Crippen LogP) is 0.366. The van der Waals surface area contributed by atoms with Gasteiger partial charge in [0.05, 0.1) is 19.4 Å². The minimum absolute atomic E-state index is 0.0361. The van der Waals surface area contributed by atoms with Gasteiger partial charge in [-0.05, 0) is 37.1 Å². The molecule has 3 aromatic rings. The summed E-state index contributed by atoms with van der Waals surface area (Å²) in [6.45, 7) is 1.72. The largest absolute Gasteiger partial charge is 0.467 e. The van der Waals surface area contributed by atoms with E-state index in [0.717, 1.165) is 18.9 Å². The monoisotopic (exact) mass is 383 g/mol. The number of amides is 2. The summed E-state index contributed by atoms with van der Waals surface area (Å²) < 4.78 is 6.78. The van der Waals surface area contributed by atoms with Crippen LogP contribution in [0.2, 0.25) is 0 Å². The predicted molar refractivity (Wildman–Crippen MR) is 99.3 cm³/mol. The molecule has 146 valence electrons. The highest BCUT2D eigenvalue weighted by molar-refractivity contribution is 5.85. The molecule has 10 heteroatoms. The Bertz CT molecular complexity index is 945. The Kier molecular flexibility index (Phi) is 5.18. The Labute approximate surface area is 160 Å². The number of anilines is 1. The smallest absolute Gasteiger partial charge is 0.239 e. The van der Waals surface area contributed by atoms with Crippen molar-refractivity contribution in [3.05, 3.63) is 42.6 Å². The van der Waals surface area contributed by atoms with E-state index in [1.54, 1.807) is 29.2 Å². The van der Waals surface area contributed by atoms with E-state index in [9.17, 15) is 9.59 Å². The zero-order chi connectivity index (χ0) is 19.3. The third-order valence-electron chi connectivity index (χ3n) is 4.80. The van der Waals surface area contributed by atoms with Gasteiger partial charge in [-0.25, -0.2) is 0 Å². The fraction of sp³-hybridized carbons (Fsp3) is 0.389. The van der Waals surface area contributed by atoms with Crippen LogP contribution in [0.25, 0.3) is 5.65 Å². The molecular formula is C18H21N7O3. The van der Waals surface area contributed by atoms with Gasteiger partial charge in [-0.15, -0.1) is 15.3 Å². The maximum Gasteiger partial charge on any atom is 0.239 e. The van der Waals surface area contributed by atoms with Gasteiger partial charge in [-0.3, -0.25) is 9.59 Å². The normalized spacial score (nSPS) is 14.9. The minimum atomic E-state index is -0.242. The van der Waals surface area contributed by atoms with Crippen LogP contribution in [-0.4, -0.2) is 51.3 Å². The Balaban J connectivity index is 1.21. The second-order valence-electron chi connectivity index (χ2n) is 6.66. The third kappa shape index (κ3) is 4.11. The van der Waals surface area contributed by atoms with Crippen LogP contribution in [0.5, 0.6) is 0 Å². The maximum absolute atomic E-state index is 12.4. The van der Waals surface area contributed by atoms with Crippen molar-refractivity contribution in [2.75, 3.05) is 24.5 Å². The minimum Gasteiger partial charge on any atom is -0.467 e. The van der Waals surface area contributed by atoms with Crippen LogP contribution < -0.4 is 15.5 Å². The van der Waals surface area contributed by atoms with Crippen LogP contribution in [0.15, 0.2) is 41.3 Å². The number of fused-ring (bicyclic) bond motifs is 1. The van der Waals surface area contributed by atoms with Crippen molar-refractivity contribution < 1.29 is 14.0 Å². The lowest BCUT2D eigenvalue weighted by Crippen LogP contribution is -2.43. The molecule has 0 atom stereocenters. The molecule has 0 spiro atoms. The number of nitrogens with one attached hydrogen (secondary N) is 2. The lowest BCUT2D eigenvalue weighted by atomic mass is 9.96. The quantitative estimate of drug-likeness (QED) is 0.631. The number of rotatable bonds is 6. The molecule has 10 nitrogen and oxygen atoms in total. The zero-order valence-corrected chi connectivity index (χ0v) is 15.2. The average molecular weight is 383 g/mol. The van der Waals surface area contributed by atoms with E-state index in [1.807, 2.05) is 12.1 Å². The van der Waals surface area contributed by atoms with Crippen molar-refractivity contribution in [2.24, 2.45) is 5.92 Å². The highest BCUT2D eigenvalue weighted by Gasteiger charge is 2.26. The number of hydrogen-bond acceptors (Lipinski definition) is 7. The SMILES string of the molecule is O=C(CNC(=O)C1CCN(c2ccc3nncn3n2)CC1)NCc1ccco1. The standard InChI is InChI=1S/C18H21N7O3/c26-17(19-10-14-2-1-9-28-14)11-20-18(27)13-5-7-24(8-6-13)16-4-3-15-22-21-12-25(15)23-16/h1-4,9,12-13H,5-8,10-11H2,(H,19,26)(H,20,27).